The third-order valence-corrected chi connectivity index (χ3v) is 6.67. The number of amides is 2. The number of Topliss-reactive ketones (excluding diaryl/α,β-unsaturated/α-hetero) is 1. The van der Waals surface area contributed by atoms with Gasteiger partial charge in [-0.25, -0.2) is 9.79 Å². The molecular formula is C33H35F3N4O4. The van der Waals surface area contributed by atoms with Crippen LogP contribution in [0.1, 0.15) is 62.0 Å². The lowest BCUT2D eigenvalue weighted by molar-refractivity contribution is -0.135. The molecule has 1 unspecified atom stereocenters. The van der Waals surface area contributed by atoms with Crippen molar-refractivity contribution < 1.29 is 32.3 Å². The van der Waals surface area contributed by atoms with E-state index in [1.54, 1.807) is 63.2 Å². The summed E-state index contributed by atoms with van der Waals surface area (Å²) < 4.78 is 44.3. The summed E-state index contributed by atoms with van der Waals surface area (Å²) in [5.74, 6) is -0.927. The zero-order valence-electron chi connectivity index (χ0n) is 24.9. The first kappa shape index (κ1) is 32.2. The highest BCUT2D eigenvalue weighted by Crippen LogP contribution is 2.31. The van der Waals surface area contributed by atoms with Crippen LogP contribution in [0.4, 0.5) is 29.3 Å². The number of ether oxygens (including phenoxy) is 1. The number of anilines is 2. The van der Waals surface area contributed by atoms with Crippen molar-refractivity contribution in [1.82, 2.24) is 5.32 Å². The molecule has 1 aliphatic heterocycles. The summed E-state index contributed by atoms with van der Waals surface area (Å²) in [6, 6.07) is 21.7. The summed E-state index contributed by atoms with van der Waals surface area (Å²) in [6.07, 6.45) is -7.64. The fourth-order valence-electron chi connectivity index (χ4n) is 4.74. The van der Waals surface area contributed by atoms with Gasteiger partial charge in [0.25, 0.3) is 5.91 Å². The first-order valence-corrected chi connectivity index (χ1v) is 14.2. The van der Waals surface area contributed by atoms with Crippen molar-refractivity contribution in [2.75, 3.05) is 16.8 Å². The zero-order valence-corrected chi connectivity index (χ0v) is 24.9. The molecule has 3 aromatic carbocycles. The lowest BCUT2D eigenvalue weighted by Crippen LogP contribution is -2.42. The van der Waals surface area contributed by atoms with Gasteiger partial charge in [-0.15, -0.1) is 0 Å². The molecule has 0 aromatic heterocycles. The summed E-state index contributed by atoms with van der Waals surface area (Å²) in [5, 5.41) is 5.61. The predicted octanol–water partition coefficient (Wildman–Crippen LogP) is 6.75. The highest BCUT2D eigenvalue weighted by Gasteiger charge is 2.34. The lowest BCUT2D eigenvalue weighted by atomic mass is 10.00. The van der Waals surface area contributed by atoms with Crippen molar-refractivity contribution in [3.8, 4) is 0 Å². The molecule has 0 saturated heterocycles. The van der Waals surface area contributed by atoms with Crippen LogP contribution in [0.3, 0.4) is 0 Å². The van der Waals surface area contributed by atoms with E-state index >= 15 is 0 Å². The van der Waals surface area contributed by atoms with Crippen molar-refractivity contribution >= 4 is 34.9 Å². The monoisotopic (exact) mass is 608 g/mol. The van der Waals surface area contributed by atoms with Crippen LogP contribution in [-0.2, 0) is 9.53 Å². The number of carbonyl (C=O) groups excluding carboxylic acids is 3. The number of hydrogen-bond acceptors (Lipinski definition) is 6. The Morgan fingerprint density at radius 2 is 1.66 bits per heavy atom. The Labute approximate surface area is 254 Å². The second-order valence-electron chi connectivity index (χ2n) is 11.4. The maximum absolute atomic E-state index is 14.0. The van der Waals surface area contributed by atoms with Crippen LogP contribution in [0.2, 0.25) is 0 Å². The molecule has 0 radical (unpaired) electrons. The quantitative estimate of drug-likeness (QED) is 0.262. The van der Waals surface area contributed by atoms with E-state index in [2.05, 4.69) is 10.6 Å². The van der Waals surface area contributed by atoms with Gasteiger partial charge in [-0.2, -0.15) is 13.2 Å². The summed E-state index contributed by atoms with van der Waals surface area (Å²) in [6.45, 7) is 6.51. The molecule has 2 N–H and O–H groups in total. The predicted molar refractivity (Wildman–Crippen MR) is 163 cm³/mol. The normalized spacial score (nSPS) is 15.9. The summed E-state index contributed by atoms with van der Waals surface area (Å²) >= 11 is 0. The maximum Gasteiger partial charge on any atom is 0.408 e. The minimum atomic E-state index is -4.36. The van der Waals surface area contributed by atoms with Crippen molar-refractivity contribution in [3.05, 3.63) is 95.6 Å². The molecule has 44 heavy (non-hydrogen) atoms. The number of benzodiazepines with no additional fused rings is 1. The molecule has 11 heteroatoms. The van der Waals surface area contributed by atoms with Gasteiger partial charge < -0.3 is 20.3 Å². The molecule has 2 atom stereocenters. The van der Waals surface area contributed by atoms with Gasteiger partial charge in [0.2, 0.25) is 0 Å². The molecule has 0 saturated carbocycles. The number of nitrogens with zero attached hydrogens (tertiary/aromatic N) is 2. The standard InChI is InChI=1S/C33H35F3N4O4/c1-21(37-31(43)44-32(2,3)4)28(41)23-14-10-15-24(20-23)38-29-30(42)40(19-11-18-33(34,35)36)26-17-9-8-16-25(26)27(39-29)22-12-6-5-7-13-22/h5-10,12-17,20-21,29,38H,11,18-19H2,1-4H3,(H,37,43)/t21-,29?/m0/s1. The molecule has 4 rings (SSSR count). The molecule has 3 aromatic rings. The fraction of sp³-hybridized carbons (Fsp3) is 0.333. The number of rotatable bonds is 9. The number of nitrogens with one attached hydrogen (secondary N) is 2. The Kier molecular flexibility index (Phi) is 9.76. The van der Waals surface area contributed by atoms with Gasteiger partial charge in [0, 0.05) is 35.3 Å². The molecule has 232 valence electrons. The number of halogens is 3. The van der Waals surface area contributed by atoms with Gasteiger partial charge in [-0.3, -0.25) is 9.59 Å². The van der Waals surface area contributed by atoms with E-state index in [1.165, 1.54) is 17.9 Å². The first-order valence-electron chi connectivity index (χ1n) is 14.2. The van der Waals surface area contributed by atoms with Gasteiger partial charge in [-0.1, -0.05) is 60.7 Å². The van der Waals surface area contributed by atoms with Crippen molar-refractivity contribution in [3.63, 3.8) is 0 Å². The van der Waals surface area contributed by atoms with Gasteiger partial charge in [-0.05, 0) is 52.3 Å². The Balaban J connectivity index is 1.65. The van der Waals surface area contributed by atoms with E-state index in [0.29, 0.717) is 22.6 Å². The number of alkyl carbamates (subject to hydrolysis) is 1. The molecule has 1 aliphatic rings. The van der Waals surface area contributed by atoms with Crippen LogP contribution in [0.15, 0.2) is 83.9 Å². The molecule has 2 amide bonds. The van der Waals surface area contributed by atoms with Crippen LogP contribution in [0.25, 0.3) is 0 Å². The zero-order chi connectivity index (χ0) is 32.1. The minimum Gasteiger partial charge on any atom is -0.444 e. The molecule has 0 fully saturated rings. The average Bonchev–Trinajstić information content (AvgIpc) is 3.06. The van der Waals surface area contributed by atoms with Gasteiger partial charge >= 0.3 is 12.3 Å². The third kappa shape index (κ3) is 8.46. The number of ketones is 1. The van der Waals surface area contributed by atoms with Gasteiger partial charge in [0.05, 0.1) is 17.4 Å². The number of alkyl halides is 3. The highest BCUT2D eigenvalue weighted by molar-refractivity contribution is 6.20. The van der Waals surface area contributed by atoms with Crippen LogP contribution in [0, 0.1) is 0 Å². The van der Waals surface area contributed by atoms with Crippen molar-refractivity contribution in [1.29, 1.82) is 0 Å². The lowest BCUT2D eigenvalue weighted by Gasteiger charge is -2.26. The number of hydrogen-bond donors (Lipinski definition) is 2. The smallest absolute Gasteiger partial charge is 0.408 e. The Morgan fingerprint density at radius 1 is 0.977 bits per heavy atom. The third-order valence-electron chi connectivity index (χ3n) is 6.67. The second kappa shape index (κ2) is 13.3. The van der Waals surface area contributed by atoms with Crippen LogP contribution in [0.5, 0.6) is 0 Å². The SMILES string of the molecule is C[C@H](NC(=O)OC(C)(C)C)C(=O)c1cccc(NC2N=C(c3ccccc3)c3ccccc3N(CCCC(F)(F)F)C2=O)c1. The second-order valence-corrected chi connectivity index (χ2v) is 11.4. The van der Waals surface area contributed by atoms with Crippen LogP contribution in [-0.4, -0.2) is 54.0 Å². The summed E-state index contributed by atoms with van der Waals surface area (Å²) in [4.78, 5) is 45.4. The van der Waals surface area contributed by atoms with Crippen LogP contribution < -0.4 is 15.5 Å². The topological polar surface area (TPSA) is 100 Å². The van der Waals surface area contributed by atoms with E-state index in [1.807, 2.05) is 30.3 Å². The Morgan fingerprint density at radius 3 is 2.34 bits per heavy atom. The number of benzene rings is 3. The molecule has 0 spiro atoms. The number of para-hydroxylation sites is 1. The van der Waals surface area contributed by atoms with E-state index in [0.717, 1.165) is 5.56 Å². The molecular weight excluding hydrogens is 573 g/mol. The summed E-state index contributed by atoms with van der Waals surface area (Å²) in [5.41, 5.74) is 2.19. The minimum absolute atomic E-state index is 0.169. The highest BCUT2D eigenvalue weighted by atomic mass is 19.4. The Bertz CT molecular complexity index is 1530. The number of fused-ring (bicyclic) bond motifs is 1. The summed E-state index contributed by atoms with van der Waals surface area (Å²) in [7, 11) is 0. The molecule has 8 nitrogen and oxygen atoms in total. The van der Waals surface area contributed by atoms with Gasteiger partial charge in [0.1, 0.15) is 5.60 Å². The first-order chi connectivity index (χ1) is 20.7. The molecule has 0 bridgehead atoms. The van der Waals surface area contributed by atoms with Crippen molar-refractivity contribution in [2.24, 2.45) is 4.99 Å². The van der Waals surface area contributed by atoms with E-state index in [9.17, 15) is 27.6 Å². The van der Waals surface area contributed by atoms with Crippen molar-refractivity contribution in [2.45, 2.75) is 64.5 Å². The average molecular weight is 609 g/mol. The maximum atomic E-state index is 14.0. The molecule has 0 aliphatic carbocycles. The Hall–Kier alpha value is -4.67. The van der Waals surface area contributed by atoms with E-state index in [4.69, 9.17) is 9.73 Å². The van der Waals surface area contributed by atoms with E-state index < -0.39 is 42.4 Å². The molecule has 1 heterocycles. The van der Waals surface area contributed by atoms with Gasteiger partial charge in [0.15, 0.2) is 11.9 Å². The number of carbonyl (C=O) groups is 3. The number of aliphatic imine (C=N–C) groups is 1. The van der Waals surface area contributed by atoms with E-state index in [-0.39, 0.29) is 24.3 Å². The van der Waals surface area contributed by atoms with Crippen LogP contribution >= 0.6 is 0 Å². The largest absolute Gasteiger partial charge is 0.444 e. The fourth-order valence-corrected chi connectivity index (χ4v) is 4.74.